The molecule has 0 aromatic heterocycles. The largest absolute Gasteiger partial charge is 0.381 e. The van der Waals surface area contributed by atoms with Crippen LogP contribution in [0.25, 0.3) is 0 Å². The Balaban J connectivity index is 1.78. The van der Waals surface area contributed by atoms with Crippen LogP contribution in [0.4, 0.5) is 4.39 Å². The van der Waals surface area contributed by atoms with Crippen LogP contribution in [0.5, 0.6) is 0 Å². The van der Waals surface area contributed by atoms with E-state index in [9.17, 15) is 4.39 Å². The van der Waals surface area contributed by atoms with Gasteiger partial charge in [-0.3, -0.25) is 4.99 Å². The fourth-order valence-corrected chi connectivity index (χ4v) is 4.09. The highest BCUT2D eigenvalue weighted by Gasteiger charge is 2.54. The summed E-state index contributed by atoms with van der Waals surface area (Å²) in [5, 5.41) is 3.59. The molecule has 0 radical (unpaired) electrons. The van der Waals surface area contributed by atoms with Crippen LogP contribution in [0.3, 0.4) is 0 Å². The third-order valence-electron chi connectivity index (χ3n) is 6.82. The van der Waals surface area contributed by atoms with Crippen molar-refractivity contribution in [2.24, 2.45) is 10.4 Å². The molecule has 0 spiro atoms. The fourth-order valence-electron chi connectivity index (χ4n) is 4.09. The molecule has 0 aliphatic carbocycles. The normalized spacial score (nSPS) is 24.1. The molecule has 0 unspecified atom stereocenters. The summed E-state index contributed by atoms with van der Waals surface area (Å²) in [7, 11) is 1.84. The molecule has 3 rings (SSSR count). The number of rotatable bonds is 3. The summed E-state index contributed by atoms with van der Waals surface area (Å²) in [5.41, 5.74) is 1.23. The maximum absolute atomic E-state index is 13.9. The number of nitrogens with zero attached hydrogens (tertiary/aromatic N) is 2. The maximum atomic E-state index is 13.9. The lowest BCUT2D eigenvalue weighted by Crippen LogP contribution is -2.72. The van der Waals surface area contributed by atoms with Crippen molar-refractivity contribution in [2.45, 2.75) is 51.5 Å². The molecule has 2 aliphatic heterocycles. The van der Waals surface area contributed by atoms with E-state index in [-0.39, 0.29) is 22.2 Å². The summed E-state index contributed by atoms with van der Waals surface area (Å²) in [4.78, 5) is 6.86. The highest BCUT2D eigenvalue weighted by Crippen LogP contribution is 2.46. The molecular weight excluding hydrogens is 329 g/mol. The van der Waals surface area contributed by atoms with Crippen molar-refractivity contribution in [3.05, 3.63) is 35.6 Å². The highest BCUT2D eigenvalue weighted by atomic mass is 19.1. The first-order chi connectivity index (χ1) is 12.2. The van der Waals surface area contributed by atoms with Gasteiger partial charge in [-0.15, -0.1) is 0 Å². The molecule has 2 saturated heterocycles. The second-order valence-corrected chi connectivity index (χ2v) is 8.83. The van der Waals surface area contributed by atoms with Crippen molar-refractivity contribution in [1.29, 1.82) is 0 Å². The van der Waals surface area contributed by atoms with Gasteiger partial charge in [0.15, 0.2) is 5.96 Å². The number of benzene rings is 1. The predicted octanol–water partition coefficient (Wildman–Crippen LogP) is 3.57. The summed E-state index contributed by atoms with van der Waals surface area (Å²) >= 11 is 0. The van der Waals surface area contributed by atoms with Crippen molar-refractivity contribution in [3.63, 3.8) is 0 Å². The van der Waals surface area contributed by atoms with E-state index in [0.29, 0.717) is 13.2 Å². The van der Waals surface area contributed by atoms with E-state index in [1.807, 2.05) is 13.1 Å². The van der Waals surface area contributed by atoms with Gasteiger partial charge in [0.05, 0.1) is 0 Å². The first-order valence-corrected chi connectivity index (χ1v) is 9.54. The van der Waals surface area contributed by atoms with Crippen LogP contribution in [-0.2, 0) is 10.2 Å². The Morgan fingerprint density at radius 2 is 1.92 bits per heavy atom. The lowest BCUT2D eigenvalue weighted by molar-refractivity contribution is -0.0671. The molecule has 0 saturated carbocycles. The molecule has 5 heteroatoms. The standard InChI is InChI=1S/C21H32FN3O/c1-19(2)15-25(20(19,3)4)18(23-5)24-14-21(9-11-26-12-10-21)16-7-6-8-17(22)13-16/h6-8,13H,9-12,14-15H2,1-5H3,(H,23,24). The third kappa shape index (κ3) is 3.22. The van der Waals surface area contributed by atoms with Crippen LogP contribution in [-0.4, -0.2) is 49.7 Å². The van der Waals surface area contributed by atoms with E-state index >= 15 is 0 Å². The van der Waals surface area contributed by atoms with Gasteiger partial charge in [0.1, 0.15) is 5.82 Å². The van der Waals surface area contributed by atoms with E-state index in [4.69, 9.17) is 4.74 Å². The summed E-state index contributed by atoms with van der Waals surface area (Å²) < 4.78 is 19.4. The second-order valence-electron chi connectivity index (χ2n) is 8.83. The zero-order valence-electron chi connectivity index (χ0n) is 16.7. The molecule has 144 valence electrons. The van der Waals surface area contributed by atoms with Crippen LogP contribution >= 0.6 is 0 Å². The first-order valence-electron chi connectivity index (χ1n) is 9.54. The van der Waals surface area contributed by atoms with Gasteiger partial charge in [-0.05, 0) is 44.4 Å². The number of nitrogens with one attached hydrogen (secondary N) is 1. The van der Waals surface area contributed by atoms with Crippen LogP contribution in [0.15, 0.2) is 29.3 Å². The van der Waals surface area contributed by atoms with Gasteiger partial charge in [0.25, 0.3) is 0 Å². The smallest absolute Gasteiger partial charge is 0.194 e. The Morgan fingerprint density at radius 1 is 1.23 bits per heavy atom. The van der Waals surface area contributed by atoms with Gasteiger partial charge >= 0.3 is 0 Å². The summed E-state index contributed by atoms with van der Waals surface area (Å²) in [6.07, 6.45) is 1.77. The number of halogens is 1. The molecule has 1 N–H and O–H groups in total. The number of ether oxygens (including phenoxy) is 1. The summed E-state index contributed by atoms with van der Waals surface area (Å²) in [6, 6.07) is 7.02. The molecule has 2 fully saturated rings. The Bertz CT molecular complexity index is 678. The van der Waals surface area contributed by atoms with E-state index in [1.54, 1.807) is 12.1 Å². The van der Waals surface area contributed by atoms with Crippen molar-refractivity contribution in [2.75, 3.05) is 33.4 Å². The zero-order chi connectivity index (χ0) is 19.0. The fraction of sp³-hybridized carbons (Fsp3) is 0.667. The third-order valence-corrected chi connectivity index (χ3v) is 6.82. The average molecular weight is 362 g/mol. The van der Waals surface area contributed by atoms with E-state index in [2.05, 4.69) is 42.9 Å². The second kappa shape index (κ2) is 6.84. The molecule has 1 aromatic carbocycles. The van der Waals surface area contributed by atoms with Crippen LogP contribution in [0, 0.1) is 11.2 Å². The highest BCUT2D eigenvalue weighted by molar-refractivity contribution is 5.82. The quantitative estimate of drug-likeness (QED) is 0.661. The Labute approximate surface area is 156 Å². The van der Waals surface area contributed by atoms with Crippen LogP contribution in [0.1, 0.15) is 46.1 Å². The van der Waals surface area contributed by atoms with Crippen molar-refractivity contribution in [1.82, 2.24) is 10.2 Å². The molecule has 0 bridgehead atoms. The number of aliphatic imine (C=N–C) groups is 1. The van der Waals surface area contributed by atoms with Crippen LogP contribution in [0.2, 0.25) is 0 Å². The molecule has 4 nitrogen and oxygen atoms in total. The molecular formula is C21H32FN3O. The number of likely N-dealkylation sites (tertiary alicyclic amines) is 1. The molecule has 2 heterocycles. The summed E-state index contributed by atoms with van der Waals surface area (Å²) in [6.45, 7) is 12.3. The maximum Gasteiger partial charge on any atom is 0.194 e. The van der Waals surface area contributed by atoms with E-state index in [1.165, 1.54) is 6.07 Å². The topological polar surface area (TPSA) is 36.9 Å². The van der Waals surface area contributed by atoms with Gasteiger partial charge in [0.2, 0.25) is 0 Å². The van der Waals surface area contributed by atoms with Gasteiger partial charge in [-0.25, -0.2) is 4.39 Å². The zero-order valence-corrected chi connectivity index (χ0v) is 16.7. The summed E-state index contributed by atoms with van der Waals surface area (Å²) in [5.74, 6) is 0.750. The Morgan fingerprint density at radius 3 is 2.46 bits per heavy atom. The van der Waals surface area contributed by atoms with Gasteiger partial charge in [-0.2, -0.15) is 0 Å². The van der Waals surface area contributed by atoms with Gasteiger partial charge < -0.3 is 15.0 Å². The predicted molar refractivity (Wildman–Crippen MR) is 104 cm³/mol. The first kappa shape index (κ1) is 19.2. The minimum absolute atomic E-state index is 0.0521. The minimum Gasteiger partial charge on any atom is -0.381 e. The van der Waals surface area contributed by atoms with E-state index < -0.39 is 0 Å². The van der Waals surface area contributed by atoms with Gasteiger partial charge in [0, 0.05) is 49.7 Å². The molecule has 26 heavy (non-hydrogen) atoms. The monoisotopic (exact) mass is 361 g/mol. The number of hydrogen-bond acceptors (Lipinski definition) is 2. The lowest BCUT2D eigenvalue weighted by atomic mass is 9.65. The van der Waals surface area contributed by atoms with Crippen molar-refractivity contribution >= 4 is 5.96 Å². The average Bonchev–Trinajstić information content (AvgIpc) is 2.62. The molecule has 0 atom stereocenters. The lowest BCUT2D eigenvalue weighted by Gasteiger charge is -2.62. The van der Waals surface area contributed by atoms with Crippen molar-refractivity contribution in [3.8, 4) is 0 Å². The molecule has 1 aromatic rings. The van der Waals surface area contributed by atoms with Crippen molar-refractivity contribution < 1.29 is 9.13 Å². The number of guanidine groups is 1. The van der Waals surface area contributed by atoms with E-state index in [0.717, 1.165) is 37.5 Å². The molecule has 2 aliphatic rings. The molecule has 0 amide bonds. The number of hydrogen-bond donors (Lipinski definition) is 1. The Hall–Kier alpha value is -1.62. The van der Waals surface area contributed by atoms with Gasteiger partial charge in [-0.1, -0.05) is 26.0 Å². The minimum atomic E-state index is -0.177. The van der Waals surface area contributed by atoms with Crippen LogP contribution < -0.4 is 5.32 Å². The Kier molecular flexibility index (Phi) is 5.04. The SMILES string of the molecule is CN=C(NCC1(c2cccc(F)c2)CCOCC1)N1CC(C)(C)C1(C)C.